The third-order valence-corrected chi connectivity index (χ3v) is 3.46. The zero-order valence-corrected chi connectivity index (χ0v) is 13.9. The van der Waals surface area contributed by atoms with Crippen molar-refractivity contribution in [2.75, 3.05) is 19.0 Å². The van der Waals surface area contributed by atoms with Gasteiger partial charge >= 0.3 is 0 Å². The van der Waals surface area contributed by atoms with Crippen molar-refractivity contribution in [3.05, 3.63) is 23.8 Å². The van der Waals surface area contributed by atoms with Crippen LogP contribution in [0.15, 0.2) is 18.2 Å². The highest BCUT2D eigenvalue weighted by Gasteiger charge is 2.33. The van der Waals surface area contributed by atoms with E-state index in [0.717, 1.165) is 17.0 Å². The van der Waals surface area contributed by atoms with Crippen LogP contribution in [-0.4, -0.2) is 25.2 Å². The van der Waals surface area contributed by atoms with E-state index >= 15 is 0 Å². The summed E-state index contributed by atoms with van der Waals surface area (Å²) in [6, 6.07) is 5.64. The topological polar surface area (TPSA) is 47.6 Å². The van der Waals surface area contributed by atoms with Gasteiger partial charge in [0.2, 0.25) is 0 Å². The lowest BCUT2D eigenvalue weighted by atomic mass is 9.93. The molecular formula is C17H27NO3. The first kappa shape index (κ1) is 17.5. The van der Waals surface area contributed by atoms with E-state index in [1.807, 2.05) is 39.0 Å². The Kier molecular flexibility index (Phi) is 6.21. The molecule has 0 unspecified atom stereocenters. The third kappa shape index (κ3) is 4.74. The van der Waals surface area contributed by atoms with Crippen LogP contribution in [0, 0.1) is 12.8 Å². The molecule has 1 aromatic carbocycles. The number of benzene rings is 1. The molecular weight excluding hydrogens is 266 g/mol. The summed E-state index contributed by atoms with van der Waals surface area (Å²) in [4.78, 5) is 12.5. The summed E-state index contributed by atoms with van der Waals surface area (Å²) in [5, 5.41) is 2.93. The van der Waals surface area contributed by atoms with Crippen molar-refractivity contribution in [2.45, 2.75) is 46.6 Å². The standard InChI is InChI=1S/C17H27NO3/c1-7-21-15-9-8-14(10-13(15)4)18-16(19)17(5,20-6)11-12(2)3/h8-10,12H,7,11H2,1-6H3,(H,18,19)/t17-/m0/s1. The van der Waals surface area contributed by atoms with Crippen molar-refractivity contribution in [1.29, 1.82) is 0 Å². The minimum atomic E-state index is -0.819. The number of rotatable bonds is 7. The Labute approximate surface area is 127 Å². The van der Waals surface area contributed by atoms with Crippen LogP contribution in [0.3, 0.4) is 0 Å². The molecule has 0 spiro atoms. The molecule has 0 saturated carbocycles. The van der Waals surface area contributed by atoms with Gasteiger partial charge in [-0.15, -0.1) is 0 Å². The maximum atomic E-state index is 12.5. The van der Waals surface area contributed by atoms with Gasteiger partial charge in [-0.1, -0.05) is 13.8 Å². The Morgan fingerprint density at radius 3 is 2.52 bits per heavy atom. The molecule has 1 rings (SSSR count). The fourth-order valence-corrected chi connectivity index (χ4v) is 2.36. The SMILES string of the molecule is CCOc1ccc(NC(=O)[C@](C)(CC(C)C)OC)cc1C. The molecule has 0 aliphatic rings. The second-order valence-electron chi connectivity index (χ2n) is 5.90. The molecule has 1 amide bonds. The predicted octanol–water partition coefficient (Wildman–Crippen LogP) is 3.78. The lowest BCUT2D eigenvalue weighted by molar-refractivity contribution is -0.137. The van der Waals surface area contributed by atoms with Crippen molar-refractivity contribution in [3.8, 4) is 5.75 Å². The van der Waals surface area contributed by atoms with E-state index in [2.05, 4.69) is 19.2 Å². The zero-order valence-electron chi connectivity index (χ0n) is 13.9. The molecule has 0 aromatic heterocycles. The molecule has 0 heterocycles. The highest BCUT2D eigenvalue weighted by Crippen LogP contribution is 2.25. The molecule has 0 aliphatic carbocycles. The van der Waals surface area contributed by atoms with Crippen LogP contribution >= 0.6 is 0 Å². The van der Waals surface area contributed by atoms with Crippen LogP contribution in [0.2, 0.25) is 0 Å². The molecule has 1 aromatic rings. The first-order valence-corrected chi connectivity index (χ1v) is 7.42. The quantitative estimate of drug-likeness (QED) is 0.832. The minimum Gasteiger partial charge on any atom is -0.494 e. The van der Waals surface area contributed by atoms with E-state index in [4.69, 9.17) is 9.47 Å². The number of anilines is 1. The lowest BCUT2D eigenvalue weighted by Gasteiger charge is -2.28. The molecule has 0 saturated heterocycles. The second kappa shape index (κ2) is 7.46. The average molecular weight is 293 g/mol. The number of aryl methyl sites for hydroxylation is 1. The third-order valence-electron chi connectivity index (χ3n) is 3.46. The minimum absolute atomic E-state index is 0.123. The monoisotopic (exact) mass is 293 g/mol. The number of ether oxygens (including phenoxy) is 2. The molecule has 118 valence electrons. The Balaban J connectivity index is 2.84. The van der Waals surface area contributed by atoms with Crippen molar-refractivity contribution >= 4 is 11.6 Å². The number of carbonyl (C=O) groups excluding carboxylic acids is 1. The van der Waals surface area contributed by atoms with Gasteiger partial charge in [0, 0.05) is 12.8 Å². The molecule has 0 bridgehead atoms. The summed E-state index contributed by atoms with van der Waals surface area (Å²) in [6.07, 6.45) is 0.672. The molecule has 4 nitrogen and oxygen atoms in total. The van der Waals surface area contributed by atoms with Gasteiger partial charge in [0.25, 0.3) is 5.91 Å². The van der Waals surface area contributed by atoms with Crippen molar-refractivity contribution in [3.63, 3.8) is 0 Å². The predicted molar refractivity (Wildman–Crippen MR) is 85.8 cm³/mol. The Bertz CT molecular complexity index is 485. The maximum absolute atomic E-state index is 12.5. The molecule has 21 heavy (non-hydrogen) atoms. The number of carbonyl (C=O) groups is 1. The van der Waals surface area contributed by atoms with E-state index in [9.17, 15) is 4.79 Å². The lowest BCUT2D eigenvalue weighted by Crippen LogP contribution is -2.43. The van der Waals surface area contributed by atoms with Crippen molar-refractivity contribution in [1.82, 2.24) is 0 Å². The Hall–Kier alpha value is -1.55. The van der Waals surface area contributed by atoms with Gasteiger partial charge in [0.05, 0.1) is 6.61 Å². The number of methoxy groups -OCH3 is 1. The summed E-state index contributed by atoms with van der Waals surface area (Å²) in [7, 11) is 1.57. The summed E-state index contributed by atoms with van der Waals surface area (Å²) in [5.74, 6) is 1.09. The van der Waals surface area contributed by atoms with Gasteiger partial charge in [-0.25, -0.2) is 0 Å². The molecule has 0 fully saturated rings. The van der Waals surface area contributed by atoms with Crippen LogP contribution in [0.4, 0.5) is 5.69 Å². The highest BCUT2D eigenvalue weighted by molar-refractivity contribution is 5.97. The van der Waals surface area contributed by atoms with Crippen LogP contribution in [-0.2, 0) is 9.53 Å². The fourth-order valence-electron chi connectivity index (χ4n) is 2.36. The van der Waals surface area contributed by atoms with E-state index in [0.29, 0.717) is 18.9 Å². The molecule has 0 radical (unpaired) electrons. The van der Waals surface area contributed by atoms with Crippen LogP contribution in [0.25, 0.3) is 0 Å². The van der Waals surface area contributed by atoms with E-state index in [1.165, 1.54) is 0 Å². The molecule has 1 atom stereocenters. The molecule has 1 N–H and O–H groups in total. The fraction of sp³-hybridized carbons (Fsp3) is 0.588. The largest absolute Gasteiger partial charge is 0.494 e. The highest BCUT2D eigenvalue weighted by atomic mass is 16.5. The van der Waals surface area contributed by atoms with Gasteiger partial charge in [0.15, 0.2) is 0 Å². The zero-order chi connectivity index (χ0) is 16.0. The van der Waals surface area contributed by atoms with Crippen molar-refractivity contribution < 1.29 is 14.3 Å². The number of hydrogen-bond acceptors (Lipinski definition) is 3. The van der Waals surface area contributed by atoms with Gasteiger partial charge in [-0.2, -0.15) is 0 Å². The first-order valence-electron chi connectivity index (χ1n) is 7.42. The van der Waals surface area contributed by atoms with Gasteiger partial charge < -0.3 is 14.8 Å². The second-order valence-corrected chi connectivity index (χ2v) is 5.90. The van der Waals surface area contributed by atoms with Gasteiger partial charge in [-0.3, -0.25) is 4.79 Å². The van der Waals surface area contributed by atoms with Crippen LogP contribution in [0.1, 0.15) is 39.7 Å². The van der Waals surface area contributed by atoms with Crippen LogP contribution in [0.5, 0.6) is 5.75 Å². The average Bonchev–Trinajstić information content (AvgIpc) is 2.41. The number of amides is 1. The van der Waals surface area contributed by atoms with E-state index in [1.54, 1.807) is 7.11 Å². The smallest absolute Gasteiger partial charge is 0.256 e. The summed E-state index contributed by atoms with van der Waals surface area (Å²) >= 11 is 0. The van der Waals surface area contributed by atoms with E-state index < -0.39 is 5.60 Å². The van der Waals surface area contributed by atoms with E-state index in [-0.39, 0.29) is 5.91 Å². The van der Waals surface area contributed by atoms with Crippen LogP contribution < -0.4 is 10.1 Å². The summed E-state index contributed by atoms with van der Waals surface area (Å²) in [6.45, 7) is 10.5. The van der Waals surface area contributed by atoms with Gasteiger partial charge in [-0.05, 0) is 56.9 Å². The molecule has 0 aliphatic heterocycles. The Morgan fingerprint density at radius 1 is 1.38 bits per heavy atom. The summed E-state index contributed by atoms with van der Waals surface area (Å²) < 4.78 is 10.9. The summed E-state index contributed by atoms with van der Waals surface area (Å²) in [5.41, 5.74) is 0.936. The van der Waals surface area contributed by atoms with Gasteiger partial charge in [0.1, 0.15) is 11.4 Å². The maximum Gasteiger partial charge on any atom is 0.256 e. The van der Waals surface area contributed by atoms with Crippen molar-refractivity contribution in [2.24, 2.45) is 5.92 Å². The Morgan fingerprint density at radius 2 is 2.05 bits per heavy atom. The number of hydrogen-bond donors (Lipinski definition) is 1. The first-order chi connectivity index (χ1) is 9.82. The molecule has 4 heteroatoms. The number of nitrogens with one attached hydrogen (secondary N) is 1. The normalized spacial score (nSPS) is 13.9.